The van der Waals surface area contributed by atoms with Gasteiger partial charge in [0.1, 0.15) is 19.3 Å². The third-order valence-corrected chi connectivity index (χ3v) is 22.3. The summed E-state index contributed by atoms with van der Waals surface area (Å²) in [6.45, 7) is 12.0. The van der Waals surface area contributed by atoms with Crippen LogP contribution in [0.25, 0.3) is 0 Å². The molecule has 0 aromatic heterocycles. The van der Waals surface area contributed by atoms with Gasteiger partial charge in [-0.1, -0.05) is 408 Å². The molecule has 0 amide bonds. The molecule has 3 N–H and O–H groups in total. The number of carbonyl (C=O) groups excluding carboxylic acids is 4. The largest absolute Gasteiger partial charge is 0.472 e. The van der Waals surface area contributed by atoms with Gasteiger partial charge in [-0.25, -0.2) is 9.13 Å². The molecule has 5 atom stereocenters. The fourth-order valence-electron chi connectivity index (χ4n) is 13.5. The SMILES string of the molecule is CCCCCCCCCCCCCCCCCCCCCC(=O)OC[C@H](COP(=O)(O)OC[C@@H](O)COP(=O)(O)OC[C@@H](COC(=O)CCCCCCCCC(C)C)OC(=O)CCCCCCCCCCCCCCCCC(C)C)OC(=O)CCCCCCCCCCCCCCCCCCCCC(C)C. The number of aliphatic hydroxyl groups excluding tert-OH is 1. The van der Waals surface area contributed by atoms with Crippen LogP contribution in [-0.4, -0.2) is 96.7 Å². The summed E-state index contributed by atoms with van der Waals surface area (Å²) < 4.78 is 68.9. The molecule has 0 aliphatic heterocycles. The van der Waals surface area contributed by atoms with Crippen molar-refractivity contribution in [3.05, 3.63) is 0 Å². The molecule has 0 fully saturated rings. The number of esters is 4. The topological polar surface area (TPSA) is 237 Å². The maximum absolute atomic E-state index is 13.2. The van der Waals surface area contributed by atoms with Gasteiger partial charge in [0.15, 0.2) is 12.2 Å². The number of ether oxygens (including phenoxy) is 4. The average molecular weight is 1550 g/mol. The molecular formula is C87H170O17P2. The van der Waals surface area contributed by atoms with Gasteiger partial charge < -0.3 is 33.8 Å². The Morgan fingerprint density at radius 3 is 0.642 bits per heavy atom. The van der Waals surface area contributed by atoms with E-state index in [0.29, 0.717) is 31.6 Å². The number of rotatable bonds is 85. The highest BCUT2D eigenvalue weighted by molar-refractivity contribution is 7.47. The molecule has 17 nitrogen and oxygen atoms in total. The summed E-state index contributed by atoms with van der Waals surface area (Å²) >= 11 is 0. The van der Waals surface area contributed by atoms with Crippen molar-refractivity contribution in [2.24, 2.45) is 17.8 Å². The Hall–Kier alpha value is -1.94. The van der Waals surface area contributed by atoms with Crippen LogP contribution < -0.4 is 0 Å². The normalized spacial score (nSPS) is 13.9. The predicted octanol–water partition coefficient (Wildman–Crippen LogP) is 26.5. The van der Waals surface area contributed by atoms with Crippen LogP contribution >= 0.6 is 15.6 Å². The lowest BCUT2D eigenvalue weighted by atomic mass is 10.0. The maximum atomic E-state index is 13.2. The van der Waals surface area contributed by atoms with E-state index in [1.807, 2.05) is 0 Å². The van der Waals surface area contributed by atoms with Gasteiger partial charge in [-0.2, -0.15) is 0 Å². The Morgan fingerprint density at radius 1 is 0.255 bits per heavy atom. The first kappa shape index (κ1) is 104. The summed E-state index contributed by atoms with van der Waals surface area (Å²) in [4.78, 5) is 73.2. The van der Waals surface area contributed by atoms with Gasteiger partial charge in [-0.15, -0.1) is 0 Å². The highest BCUT2D eigenvalue weighted by atomic mass is 31.2. The number of hydrogen-bond acceptors (Lipinski definition) is 15. The smallest absolute Gasteiger partial charge is 0.462 e. The van der Waals surface area contributed by atoms with E-state index in [-0.39, 0.29) is 25.7 Å². The third-order valence-electron chi connectivity index (χ3n) is 20.4. The highest BCUT2D eigenvalue weighted by Gasteiger charge is 2.30. The molecule has 630 valence electrons. The van der Waals surface area contributed by atoms with Gasteiger partial charge in [0.2, 0.25) is 0 Å². The van der Waals surface area contributed by atoms with Gasteiger partial charge in [0.25, 0.3) is 0 Å². The molecule has 0 bridgehead atoms. The summed E-state index contributed by atoms with van der Waals surface area (Å²) in [6.07, 6.45) is 68.3. The van der Waals surface area contributed by atoms with Crippen LogP contribution in [0, 0.1) is 17.8 Å². The Balaban J connectivity index is 5.21. The van der Waals surface area contributed by atoms with Crippen molar-refractivity contribution in [2.75, 3.05) is 39.6 Å². The Kier molecular flexibility index (Phi) is 75.6. The van der Waals surface area contributed by atoms with Crippen molar-refractivity contribution in [1.82, 2.24) is 0 Å². The van der Waals surface area contributed by atoms with Crippen molar-refractivity contribution < 1.29 is 80.2 Å². The van der Waals surface area contributed by atoms with Gasteiger partial charge in [0.05, 0.1) is 26.4 Å². The lowest BCUT2D eigenvalue weighted by Crippen LogP contribution is -2.30. The number of carbonyl (C=O) groups is 4. The quantitative estimate of drug-likeness (QED) is 0.0222. The van der Waals surface area contributed by atoms with Crippen LogP contribution in [0.5, 0.6) is 0 Å². The fraction of sp³-hybridized carbons (Fsp3) is 0.954. The molecule has 0 saturated carbocycles. The van der Waals surface area contributed by atoms with Gasteiger partial charge >= 0.3 is 39.5 Å². The monoisotopic (exact) mass is 1550 g/mol. The minimum Gasteiger partial charge on any atom is -0.462 e. The van der Waals surface area contributed by atoms with Crippen molar-refractivity contribution in [3.63, 3.8) is 0 Å². The molecule has 0 saturated heterocycles. The second kappa shape index (κ2) is 77.0. The van der Waals surface area contributed by atoms with E-state index in [1.165, 1.54) is 263 Å². The van der Waals surface area contributed by atoms with Crippen LogP contribution in [-0.2, 0) is 65.4 Å². The molecule has 19 heteroatoms. The standard InChI is InChI=1S/C87H170O17P2/c1-8-9-10-11-12-13-14-15-16-17-18-22-25-31-36-41-46-54-61-68-84(89)97-74-82(103-86(91)70-63-56-47-42-37-32-26-23-20-19-21-24-29-34-39-44-51-58-65-78(2)3)76-101-105(93,94)99-72-81(88)73-100-106(95,96)102-77-83(75-98-85(90)69-62-55-50-49-53-60-67-80(6)7)104-87(92)71-64-57-48-43-38-33-28-27-30-35-40-45-52-59-66-79(4)5/h78-83,88H,8-77H2,1-7H3,(H,93,94)(H,95,96)/t81-,82-,83-/m1/s1. The van der Waals surface area contributed by atoms with Gasteiger partial charge in [-0.3, -0.25) is 37.3 Å². The second-order valence-electron chi connectivity index (χ2n) is 32.7. The predicted molar refractivity (Wildman–Crippen MR) is 437 cm³/mol. The van der Waals surface area contributed by atoms with E-state index in [1.54, 1.807) is 0 Å². The summed E-state index contributed by atoms with van der Waals surface area (Å²) in [7, 11) is -9.93. The van der Waals surface area contributed by atoms with E-state index in [9.17, 15) is 43.2 Å². The number of hydrogen-bond donors (Lipinski definition) is 3. The minimum atomic E-state index is -4.97. The zero-order valence-corrected chi connectivity index (χ0v) is 71.7. The number of phosphoric acid groups is 2. The molecule has 106 heavy (non-hydrogen) atoms. The molecule has 0 aromatic rings. The van der Waals surface area contributed by atoms with Crippen LogP contribution in [0.15, 0.2) is 0 Å². The third kappa shape index (κ3) is 80.1. The Labute approximate surface area is 651 Å². The lowest BCUT2D eigenvalue weighted by molar-refractivity contribution is -0.161. The summed E-state index contributed by atoms with van der Waals surface area (Å²) in [6, 6.07) is 0. The number of aliphatic hydroxyl groups is 1. The van der Waals surface area contributed by atoms with Gasteiger partial charge in [-0.05, 0) is 43.4 Å². The summed E-state index contributed by atoms with van der Waals surface area (Å²) in [5.74, 6) is 0.189. The zero-order valence-electron chi connectivity index (χ0n) is 69.9. The van der Waals surface area contributed by atoms with Crippen molar-refractivity contribution in [3.8, 4) is 0 Å². The first-order chi connectivity index (χ1) is 51.2. The van der Waals surface area contributed by atoms with Crippen LogP contribution in [0.1, 0.15) is 459 Å². The summed E-state index contributed by atoms with van der Waals surface area (Å²) in [5.41, 5.74) is 0. The molecule has 0 aromatic carbocycles. The maximum Gasteiger partial charge on any atom is 0.472 e. The first-order valence-corrected chi connectivity index (χ1v) is 47.8. The fourth-order valence-corrected chi connectivity index (χ4v) is 15.1. The van der Waals surface area contributed by atoms with E-state index < -0.39 is 97.5 Å². The molecule has 2 unspecified atom stereocenters. The van der Waals surface area contributed by atoms with E-state index in [0.717, 1.165) is 108 Å². The molecule has 0 heterocycles. The molecule has 0 aliphatic carbocycles. The molecule has 0 rings (SSSR count). The Morgan fingerprint density at radius 2 is 0.434 bits per heavy atom. The molecule has 0 spiro atoms. The highest BCUT2D eigenvalue weighted by Crippen LogP contribution is 2.45. The van der Waals surface area contributed by atoms with Crippen LogP contribution in [0.4, 0.5) is 0 Å². The van der Waals surface area contributed by atoms with Crippen molar-refractivity contribution in [2.45, 2.75) is 478 Å². The molecule has 0 aliphatic rings. The summed E-state index contributed by atoms with van der Waals surface area (Å²) in [5, 5.41) is 10.7. The second-order valence-corrected chi connectivity index (χ2v) is 35.6. The van der Waals surface area contributed by atoms with Crippen molar-refractivity contribution >= 4 is 39.5 Å². The van der Waals surface area contributed by atoms with Crippen LogP contribution in [0.3, 0.4) is 0 Å². The lowest BCUT2D eigenvalue weighted by Gasteiger charge is -2.21. The minimum absolute atomic E-state index is 0.107. The first-order valence-electron chi connectivity index (χ1n) is 44.8. The van der Waals surface area contributed by atoms with Crippen LogP contribution in [0.2, 0.25) is 0 Å². The average Bonchev–Trinajstić information content (AvgIpc) is 0.904. The molecular weight excluding hydrogens is 1380 g/mol. The number of phosphoric ester groups is 2. The molecule has 0 radical (unpaired) electrons. The van der Waals surface area contributed by atoms with Gasteiger partial charge in [0, 0.05) is 25.7 Å². The van der Waals surface area contributed by atoms with E-state index in [4.69, 9.17) is 37.0 Å². The Bertz CT molecular complexity index is 2040. The van der Waals surface area contributed by atoms with Crippen molar-refractivity contribution in [1.29, 1.82) is 0 Å². The van der Waals surface area contributed by atoms with E-state index in [2.05, 4.69) is 48.5 Å². The number of unbranched alkanes of at least 4 members (excludes halogenated alkanes) is 53. The van der Waals surface area contributed by atoms with E-state index >= 15 is 0 Å². The zero-order chi connectivity index (χ0) is 77.9.